The predicted molar refractivity (Wildman–Crippen MR) is 99.9 cm³/mol. The molecule has 1 aromatic carbocycles. The first kappa shape index (κ1) is 19.2. The number of carbonyl (C=O) groups is 1. The molecule has 2 saturated heterocycles. The number of nitrogens with zero attached hydrogens (tertiary/aromatic N) is 4. The molecule has 0 saturated carbocycles. The van der Waals surface area contributed by atoms with Gasteiger partial charge in [0.1, 0.15) is 5.69 Å². The van der Waals surface area contributed by atoms with E-state index in [0.29, 0.717) is 44.2 Å². The molecule has 0 N–H and O–H groups in total. The van der Waals surface area contributed by atoms with Crippen molar-refractivity contribution in [3.63, 3.8) is 0 Å². The second-order valence-corrected chi connectivity index (χ2v) is 6.77. The van der Waals surface area contributed by atoms with Crippen LogP contribution in [0.2, 0.25) is 0 Å². The summed E-state index contributed by atoms with van der Waals surface area (Å²) in [6, 6.07) is 2.62. The monoisotopic (exact) mass is 380 g/mol. The standard InChI is InChI=1S/C18H25FN4O4/c1-2-27-18(24)22-10-8-21(9-11-22)16-13-15(20-6-4-3-5-7-20)14(19)12-17(16)23(25)26/h12-13H,2-11H2,1H3. The molecule has 0 spiro atoms. The van der Waals surface area contributed by atoms with Gasteiger partial charge in [-0.25, -0.2) is 9.18 Å². The van der Waals surface area contributed by atoms with E-state index in [9.17, 15) is 19.3 Å². The molecule has 8 nitrogen and oxygen atoms in total. The lowest BCUT2D eigenvalue weighted by atomic mass is 10.1. The Balaban J connectivity index is 1.83. The number of ether oxygens (including phenoxy) is 1. The summed E-state index contributed by atoms with van der Waals surface area (Å²) < 4.78 is 19.6. The van der Waals surface area contributed by atoms with Gasteiger partial charge in [-0.15, -0.1) is 0 Å². The number of halogens is 1. The Morgan fingerprint density at radius 2 is 1.70 bits per heavy atom. The van der Waals surface area contributed by atoms with Gasteiger partial charge in [0.25, 0.3) is 5.69 Å². The van der Waals surface area contributed by atoms with E-state index in [1.807, 2.05) is 9.80 Å². The second kappa shape index (κ2) is 8.41. The van der Waals surface area contributed by atoms with Crippen molar-refractivity contribution in [2.24, 2.45) is 0 Å². The van der Waals surface area contributed by atoms with Gasteiger partial charge in [-0.05, 0) is 32.3 Å². The highest BCUT2D eigenvalue weighted by Gasteiger charge is 2.29. The summed E-state index contributed by atoms with van der Waals surface area (Å²) in [6.45, 7) is 5.25. The predicted octanol–water partition coefficient (Wildman–Crippen LogP) is 3.00. The van der Waals surface area contributed by atoms with Crippen molar-refractivity contribution in [3.8, 4) is 0 Å². The van der Waals surface area contributed by atoms with Crippen LogP contribution in [0.5, 0.6) is 0 Å². The maximum atomic E-state index is 14.6. The third-order valence-electron chi connectivity index (χ3n) is 5.08. The van der Waals surface area contributed by atoms with Crippen LogP contribution in [0.15, 0.2) is 12.1 Å². The average molecular weight is 380 g/mol. The van der Waals surface area contributed by atoms with E-state index < -0.39 is 10.7 Å². The summed E-state index contributed by atoms with van der Waals surface area (Å²) in [5.41, 5.74) is 0.589. The first-order chi connectivity index (χ1) is 13.0. The van der Waals surface area contributed by atoms with E-state index in [0.717, 1.165) is 38.4 Å². The number of carbonyl (C=O) groups excluding carboxylic acids is 1. The third-order valence-corrected chi connectivity index (χ3v) is 5.08. The highest BCUT2D eigenvalue weighted by molar-refractivity contribution is 5.72. The highest BCUT2D eigenvalue weighted by atomic mass is 19.1. The number of anilines is 2. The van der Waals surface area contributed by atoms with Crippen molar-refractivity contribution in [1.82, 2.24) is 4.90 Å². The highest BCUT2D eigenvalue weighted by Crippen LogP contribution is 2.36. The Morgan fingerprint density at radius 1 is 1.07 bits per heavy atom. The molecule has 0 radical (unpaired) electrons. The van der Waals surface area contributed by atoms with Gasteiger partial charge in [0.15, 0.2) is 5.82 Å². The summed E-state index contributed by atoms with van der Waals surface area (Å²) in [5, 5.41) is 11.5. The van der Waals surface area contributed by atoms with Gasteiger partial charge in [0, 0.05) is 39.3 Å². The first-order valence-corrected chi connectivity index (χ1v) is 9.40. The number of hydrogen-bond donors (Lipinski definition) is 0. The van der Waals surface area contributed by atoms with E-state index >= 15 is 0 Å². The average Bonchev–Trinajstić information content (AvgIpc) is 2.68. The molecule has 2 fully saturated rings. The van der Waals surface area contributed by atoms with Crippen LogP contribution >= 0.6 is 0 Å². The van der Waals surface area contributed by atoms with Crippen molar-refractivity contribution in [3.05, 3.63) is 28.1 Å². The number of benzene rings is 1. The van der Waals surface area contributed by atoms with Gasteiger partial charge in [-0.2, -0.15) is 0 Å². The fourth-order valence-electron chi connectivity index (χ4n) is 3.66. The lowest BCUT2D eigenvalue weighted by Crippen LogP contribution is -2.49. The normalized spacial score (nSPS) is 17.8. The van der Waals surface area contributed by atoms with Gasteiger partial charge in [-0.3, -0.25) is 10.1 Å². The van der Waals surface area contributed by atoms with Crippen LogP contribution in [-0.4, -0.2) is 61.8 Å². The maximum absolute atomic E-state index is 14.6. The quantitative estimate of drug-likeness (QED) is 0.590. The Kier molecular flexibility index (Phi) is 5.98. The van der Waals surface area contributed by atoms with Crippen molar-refractivity contribution in [1.29, 1.82) is 0 Å². The van der Waals surface area contributed by atoms with Crippen LogP contribution in [0.3, 0.4) is 0 Å². The molecule has 2 heterocycles. The van der Waals surface area contributed by atoms with Crippen LogP contribution in [0.4, 0.5) is 26.2 Å². The molecule has 2 aliphatic heterocycles. The van der Waals surface area contributed by atoms with Crippen LogP contribution in [-0.2, 0) is 4.74 Å². The topological polar surface area (TPSA) is 79.2 Å². The molecular weight excluding hydrogens is 355 g/mol. The lowest BCUT2D eigenvalue weighted by molar-refractivity contribution is -0.384. The Morgan fingerprint density at radius 3 is 2.30 bits per heavy atom. The summed E-state index contributed by atoms with van der Waals surface area (Å²) in [5.74, 6) is -0.558. The Bertz CT molecular complexity index is 701. The van der Waals surface area contributed by atoms with Crippen LogP contribution < -0.4 is 9.80 Å². The summed E-state index contributed by atoms with van der Waals surface area (Å²) >= 11 is 0. The molecule has 0 unspecified atom stereocenters. The van der Waals surface area contributed by atoms with E-state index in [1.54, 1.807) is 17.9 Å². The molecule has 0 aliphatic carbocycles. The molecule has 0 atom stereocenters. The molecule has 0 bridgehead atoms. The molecule has 1 aromatic rings. The molecule has 9 heteroatoms. The molecular formula is C18H25FN4O4. The minimum Gasteiger partial charge on any atom is -0.450 e. The van der Waals surface area contributed by atoms with Crippen molar-refractivity contribution >= 4 is 23.2 Å². The molecule has 2 aliphatic rings. The van der Waals surface area contributed by atoms with Crippen LogP contribution in [0.25, 0.3) is 0 Å². The number of nitro groups is 1. The third kappa shape index (κ3) is 4.23. The molecule has 1 amide bonds. The van der Waals surface area contributed by atoms with Gasteiger partial charge in [0.05, 0.1) is 23.3 Å². The molecule has 27 heavy (non-hydrogen) atoms. The zero-order valence-corrected chi connectivity index (χ0v) is 15.5. The summed E-state index contributed by atoms with van der Waals surface area (Å²) in [7, 11) is 0. The van der Waals surface area contributed by atoms with E-state index in [1.165, 1.54) is 0 Å². The maximum Gasteiger partial charge on any atom is 0.409 e. The zero-order valence-electron chi connectivity index (χ0n) is 15.5. The van der Waals surface area contributed by atoms with Crippen LogP contribution in [0, 0.1) is 15.9 Å². The Hall–Kier alpha value is -2.58. The van der Waals surface area contributed by atoms with Crippen molar-refractivity contribution in [2.45, 2.75) is 26.2 Å². The number of piperazine rings is 1. The number of piperidine rings is 1. The number of hydrogen-bond acceptors (Lipinski definition) is 6. The van der Waals surface area contributed by atoms with E-state index in [4.69, 9.17) is 4.74 Å². The zero-order chi connectivity index (χ0) is 19.4. The van der Waals surface area contributed by atoms with Gasteiger partial charge in [-0.1, -0.05) is 0 Å². The van der Waals surface area contributed by atoms with E-state index in [2.05, 4.69) is 0 Å². The van der Waals surface area contributed by atoms with Gasteiger partial charge >= 0.3 is 6.09 Å². The van der Waals surface area contributed by atoms with E-state index in [-0.39, 0.29) is 11.8 Å². The van der Waals surface area contributed by atoms with Gasteiger partial charge in [0.2, 0.25) is 0 Å². The minimum atomic E-state index is -0.558. The smallest absolute Gasteiger partial charge is 0.409 e. The Labute approximate surface area is 157 Å². The lowest BCUT2D eigenvalue weighted by Gasteiger charge is -2.36. The summed E-state index contributed by atoms with van der Waals surface area (Å²) in [4.78, 5) is 28.2. The largest absolute Gasteiger partial charge is 0.450 e. The molecule has 148 valence electrons. The summed E-state index contributed by atoms with van der Waals surface area (Å²) in [6.07, 6.45) is 2.72. The first-order valence-electron chi connectivity index (χ1n) is 9.40. The second-order valence-electron chi connectivity index (χ2n) is 6.77. The fraction of sp³-hybridized carbons (Fsp3) is 0.611. The number of amides is 1. The minimum absolute atomic E-state index is 0.238. The SMILES string of the molecule is CCOC(=O)N1CCN(c2cc(N3CCCCC3)c(F)cc2[N+](=O)[O-])CC1. The number of nitro benzene ring substituents is 1. The fourth-order valence-corrected chi connectivity index (χ4v) is 3.66. The van der Waals surface area contributed by atoms with Crippen LogP contribution in [0.1, 0.15) is 26.2 Å². The molecule has 0 aromatic heterocycles. The van der Waals surface area contributed by atoms with Gasteiger partial charge < -0.3 is 19.4 Å². The van der Waals surface area contributed by atoms with Crippen molar-refractivity contribution < 1.29 is 18.8 Å². The number of rotatable bonds is 4. The molecule has 3 rings (SSSR count). The van der Waals surface area contributed by atoms with Crippen molar-refractivity contribution in [2.75, 3.05) is 55.7 Å².